The smallest absolute Gasteiger partial charge is 0.230 e. The predicted octanol–water partition coefficient (Wildman–Crippen LogP) is 5.14. The lowest BCUT2D eigenvalue weighted by molar-refractivity contribution is -0.115. The maximum absolute atomic E-state index is 12.3. The number of thiazole rings is 1. The second kappa shape index (κ2) is 7.63. The van der Waals surface area contributed by atoms with Crippen LogP contribution >= 0.6 is 11.3 Å². The standard InChI is InChI=1S/C21H18N2O3S/c1-2-25-16-9-7-14(8-10-16)11-20(24)23-21-22-17(13-27-21)19-12-15-5-3-4-6-18(15)26-19/h3-10,12-13H,2,11H2,1H3,(H,22,23,24). The number of carbonyl (C=O) groups is 1. The van der Waals surface area contributed by atoms with Gasteiger partial charge in [0.2, 0.25) is 5.91 Å². The van der Waals surface area contributed by atoms with E-state index in [1.165, 1.54) is 11.3 Å². The van der Waals surface area contributed by atoms with E-state index in [4.69, 9.17) is 9.15 Å². The summed E-state index contributed by atoms with van der Waals surface area (Å²) in [6.07, 6.45) is 0.284. The largest absolute Gasteiger partial charge is 0.494 e. The van der Waals surface area contributed by atoms with E-state index in [1.807, 2.05) is 66.9 Å². The van der Waals surface area contributed by atoms with Crippen LogP contribution in [0.25, 0.3) is 22.4 Å². The van der Waals surface area contributed by atoms with Crippen LogP contribution in [0.5, 0.6) is 5.75 Å². The quantitative estimate of drug-likeness (QED) is 0.505. The maximum Gasteiger partial charge on any atom is 0.230 e. The first-order chi connectivity index (χ1) is 13.2. The monoisotopic (exact) mass is 378 g/mol. The van der Waals surface area contributed by atoms with Crippen LogP contribution < -0.4 is 10.1 Å². The summed E-state index contributed by atoms with van der Waals surface area (Å²) in [4.78, 5) is 16.7. The van der Waals surface area contributed by atoms with E-state index < -0.39 is 0 Å². The van der Waals surface area contributed by atoms with Gasteiger partial charge in [0, 0.05) is 10.8 Å². The highest BCUT2D eigenvalue weighted by atomic mass is 32.1. The number of nitrogens with one attached hydrogen (secondary N) is 1. The molecular formula is C21H18N2O3S. The summed E-state index contributed by atoms with van der Waals surface area (Å²) in [5, 5.41) is 6.31. The number of benzene rings is 2. The van der Waals surface area contributed by atoms with Crippen LogP contribution in [-0.2, 0) is 11.2 Å². The van der Waals surface area contributed by atoms with Crippen LogP contribution in [0.3, 0.4) is 0 Å². The number of rotatable bonds is 6. The molecule has 2 heterocycles. The molecule has 0 saturated heterocycles. The van der Waals surface area contributed by atoms with Gasteiger partial charge in [0.1, 0.15) is 17.0 Å². The summed E-state index contributed by atoms with van der Waals surface area (Å²) in [7, 11) is 0. The number of furan rings is 1. The van der Waals surface area contributed by atoms with E-state index >= 15 is 0 Å². The van der Waals surface area contributed by atoms with Crippen molar-refractivity contribution >= 4 is 33.3 Å². The van der Waals surface area contributed by atoms with Crippen molar-refractivity contribution in [3.63, 3.8) is 0 Å². The van der Waals surface area contributed by atoms with Gasteiger partial charge in [-0.3, -0.25) is 4.79 Å². The van der Waals surface area contributed by atoms with Crippen LogP contribution in [0.4, 0.5) is 5.13 Å². The van der Waals surface area contributed by atoms with E-state index in [2.05, 4.69) is 10.3 Å². The van der Waals surface area contributed by atoms with Gasteiger partial charge in [0.05, 0.1) is 13.0 Å². The molecule has 0 aliphatic rings. The molecule has 0 spiro atoms. The minimum atomic E-state index is -0.107. The summed E-state index contributed by atoms with van der Waals surface area (Å²) in [6.45, 7) is 2.56. The highest BCUT2D eigenvalue weighted by molar-refractivity contribution is 7.14. The number of amides is 1. The topological polar surface area (TPSA) is 64.4 Å². The first-order valence-electron chi connectivity index (χ1n) is 8.67. The minimum Gasteiger partial charge on any atom is -0.494 e. The molecule has 4 aromatic rings. The van der Waals surface area contributed by atoms with Crippen molar-refractivity contribution in [2.24, 2.45) is 0 Å². The highest BCUT2D eigenvalue weighted by Crippen LogP contribution is 2.30. The van der Waals surface area contributed by atoms with E-state index in [9.17, 15) is 4.79 Å². The average molecular weight is 378 g/mol. The molecule has 27 heavy (non-hydrogen) atoms. The Morgan fingerprint density at radius 2 is 2.00 bits per heavy atom. The molecule has 1 N–H and O–H groups in total. The molecule has 0 radical (unpaired) electrons. The van der Waals surface area contributed by atoms with Crippen LogP contribution in [-0.4, -0.2) is 17.5 Å². The Morgan fingerprint density at radius 3 is 2.78 bits per heavy atom. The van der Waals surface area contributed by atoms with Crippen molar-refractivity contribution in [1.29, 1.82) is 0 Å². The Balaban J connectivity index is 1.41. The second-order valence-electron chi connectivity index (χ2n) is 5.99. The molecule has 6 heteroatoms. The summed E-state index contributed by atoms with van der Waals surface area (Å²) in [5.41, 5.74) is 2.46. The van der Waals surface area contributed by atoms with Crippen molar-refractivity contribution in [1.82, 2.24) is 4.98 Å². The molecule has 2 aromatic heterocycles. The van der Waals surface area contributed by atoms with Gasteiger partial charge in [-0.2, -0.15) is 0 Å². The van der Waals surface area contributed by atoms with Crippen LogP contribution in [0.15, 0.2) is 64.4 Å². The molecule has 1 amide bonds. The number of hydrogen-bond donors (Lipinski definition) is 1. The number of anilines is 1. The lowest BCUT2D eigenvalue weighted by atomic mass is 10.1. The molecule has 0 aliphatic heterocycles. The van der Waals surface area contributed by atoms with E-state index in [-0.39, 0.29) is 12.3 Å². The third-order valence-electron chi connectivity index (χ3n) is 4.03. The fourth-order valence-corrected chi connectivity index (χ4v) is 3.49. The number of carbonyl (C=O) groups excluding carboxylic acids is 1. The SMILES string of the molecule is CCOc1ccc(CC(=O)Nc2nc(-c3cc4ccccc4o3)cs2)cc1. The zero-order valence-corrected chi connectivity index (χ0v) is 15.6. The van der Waals surface area contributed by atoms with E-state index in [1.54, 1.807) is 0 Å². The molecule has 0 bridgehead atoms. The fraction of sp³-hybridized carbons (Fsp3) is 0.143. The number of para-hydroxylation sites is 1. The Hall–Kier alpha value is -3.12. The number of fused-ring (bicyclic) bond motifs is 1. The van der Waals surface area contributed by atoms with E-state index in [0.29, 0.717) is 23.2 Å². The summed E-state index contributed by atoms with van der Waals surface area (Å²) in [6, 6.07) is 17.3. The molecule has 0 atom stereocenters. The second-order valence-corrected chi connectivity index (χ2v) is 6.85. The zero-order valence-electron chi connectivity index (χ0n) is 14.8. The maximum atomic E-state index is 12.3. The number of ether oxygens (including phenoxy) is 1. The number of aromatic nitrogens is 1. The molecule has 4 rings (SSSR count). The van der Waals surface area contributed by atoms with Gasteiger partial charge in [-0.25, -0.2) is 4.98 Å². The molecule has 5 nitrogen and oxygen atoms in total. The predicted molar refractivity (Wildman–Crippen MR) is 107 cm³/mol. The Kier molecular flexibility index (Phi) is 4.89. The van der Waals surface area contributed by atoms with Crippen LogP contribution in [0.2, 0.25) is 0 Å². The Morgan fingerprint density at radius 1 is 1.19 bits per heavy atom. The molecule has 0 fully saturated rings. The van der Waals surface area contributed by atoms with E-state index in [0.717, 1.165) is 22.3 Å². The summed E-state index contributed by atoms with van der Waals surface area (Å²) in [5.74, 6) is 1.39. The third kappa shape index (κ3) is 4.01. The van der Waals surface area contributed by atoms with Crippen molar-refractivity contribution in [2.75, 3.05) is 11.9 Å². The average Bonchev–Trinajstić information content (AvgIpc) is 3.30. The van der Waals surface area contributed by atoms with Crippen LogP contribution in [0, 0.1) is 0 Å². The first kappa shape index (κ1) is 17.3. The van der Waals surface area contributed by atoms with Gasteiger partial charge in [-0.05, 0) is 36.8 Å². The number of nitrogens with zero attached hydrogens (tertiary/aromatic N) is 1. The highest BCUT2D eigenvalue weighted by Gasteiger charge is 2.12. The summed E-state index contributed by atoms with van der Waals surface area (Å²) >= 11 is 1.38. The molecule has 0 saturated carbocycles. The molecule has 0 aliphatic carbocycles. The van der Waals surface area contributed by atoms with Gasteiger partial charge in [0.15, 0.2) is 10.9 Å². The van der Waals surface area contributed by atoms with Gasteiger partial charge >= 0.3 is 0 Å². The molecular weight excluding hydrogens is 360 g/mol. The third-order valence-corrected chi connectivity index (χ3v) is 4.79. The molecule has 0 unspecified atom stereocenters. The minimum absolute atomic E-state index is 0.107. The molecule has 136 valence electrons. The van der Waals surface area contributed by atoms with Gasteiger partial charge < -0.3 is 14.5 Å². The summed E-state index contributed by atoms with van der Waals surface area (Å²) < 4.78 is 11.2. The molecule has 2 aromatic carbocycles. The number of hydrogen-bond acceptors (Lipinski definition) is 5. The van der Waals surface area contributed by atoms with Gasteiger partial charge in [0.25, 0.3) is 0 Å². The lowest BCUT2D eigenvalue weighted by Gasteiger charge is -2.05. The van der Waals surface area contributed by atoms with Crippen molar-refractivity contribution in [3.8, 4) is 17.2 Å². The Bertz CT molecular complexity index is 1030. The van der Waals surface area contributed by atoms with Gasteiger partial charge in [-0.15, -0.1) is 11.3 Å². The Labute approximate surface area is 160 Å². The van der Waals surface area contributed by atoms with Crippen molar-refractivity contribution in [2.45, 2.75) is 13.3 Å². The normalized spacial score (nSPS) is 10.9. The lowest BCUT2D eigenvalue weighted by Crippen LogP contribution is -2.14. The van der Waals surface area contributed by atoms with Gasteiger partial charge in [-0.1, -0.05) is 30.3 Å². The zero-order chi connectivity index (χ0) is 18.6. The van der Waals surface area contributed by atoms with Crippen molar-refractivity contribution in [3.05, 3.63) is 65.5 Å². The first-order valence-corrected chi connectivity index (χ1v) is 9.55. The van der Waals surface area contributed by atoms with Crippen molar-refractivity contribution < 1.29 is 13.9 Å². The van der Waals surface area contributed by atoms with Crippen LogP contribution in [0.1, 0.15) is 12.5 Å². The fourth-order valence-electron chi connectivity index (χ4n) is 2.77.